The summed E-state index contributed by atoms with van der Waals surface area (Å²) in [5.41, 5.74) is 7.41. The smallest absolute Gasteiger partial charge is 0.148 e. The monoisotopic (exact) mass is 317 g/mol. The summed E-state index contributed by atoms with van der Waals surface area (Å²) in [5.74, 6) is 0.744. The van der Waals surface area contributed by atoms with Crippen molar-refractivity contribution in [1.82, 2.24) is 0 Å². The van der Waals surface area contributed by atoms with E-state index in [0.29, 0.717) is 16.1 Å². The lowest BCUT2D eigenvalue weighted by atomic mass is 9.85. The summed E-state index contributed by atoms with van der Waals surface area (Å²) in [5, 5.41) is 0.592. The van der Waals surface area contributed by atoms with Crippen LogP contribution in [0.25, 0.3) is 0 Å². The number of carbonyl (C=O) groups excluding carboxylic acids is 1. The summed E-state index contributed by atoms with van der Waals surface area (Å²) in [7, 11) is 0. The maximum absolute atomic E-state index is 11.7. The molecule has 0 aliphatic carbocycles. The Morgan fingerprint density at radius 2 is 1.73 bits per heavy atom. The summed E-state index contributed by atoms with van der Waals surface area (Å²) in [6, 6.07) is 12.7. The predicted octanol–water partition coefficient (Wildman–Crippen LogP) is 3.84. The highest BCUT2D eigenvalue weighted by molar-refractivity contribution is 6.31. The van der Waals surface area contributed by atoms with E-state index in [1.54, 1.807) is 18.2 Å². The average molecular weight is 318 g/mol. The Bertz CT molecular complexity index is 667. The van der Waals surface area contributed by atoms with Gasteiger partial charge in [0.05, 0.1) is 6.10 Å². The summed E-state index contributed by atoms with van der Waals surface area (Å²) >= 11 is 6.16. The zero-order valence-electron chi connectivity index (χ0n) is 13.0. The van der Waals surface area contributed by atoms with Crippen molar-refractivity contribution in [3.63, 3.8) is 0 Å². The number of aryl methyl sites for hydroxylation is 1. The molecule has 0 amide bonds. The SMILES string of the molecule is Cc1ccc(C(N)(C=O)c2ccc(OC(C)C)cc2)cc1Cl. The molecular weight excluding hydrogens is 298 g/mol. The van der Waals surface area contributed by atoms with E-state index >= 15 is 0 Å². The van der Waals surface area contributed by atoms with E-state index in [1.807, 2.05) is 45.0 Å². The van der Waals surface area contributed by atoms with Crippen LogP contribution in [0, 0.1) is 6.92 Å². The highest BCUT2D eigenvalue weighted by Crippen LogP contribution is 2.29. The molecule has 2 N–H and O–H groups in total. The second-order valence-corrected chi connectivity index (χ2v) is 6.05. The van der Waals surface area contributed by atoms with Crippen LogP contribution < -0.4 is 10.5 Å². The maximum Gasteiger partial charge on any atom is 0.148 e. The lowest BCUT2D eigenvalue weighted by molar-refractivity contribution is -0.111. The molecular formula is C18H20ClNO2. The van der Waals surface area contributed by atoms with Gasteiger partial charge in [-0.25, -0.2) is 0 Å². The Balaban J connectivity index is 2.40. The van der Waals surface area contributed by atoms with Gasteiger partial charge in [-0.05, 0) is 55.7 Å². The topological polar surface area (TPSA) is 52.3 Å². The number of benzene rings is 2. The highest BCUT2D eigenvalue weighted by Gasteiger charge is 2.29. The normalized spacial score (nSPS) is 13.7. The fourth-order valence-corrected chi connectivity index (χ4v) is 2.41. The van der Waals surface area contributed by atoms with E-state index in [1.165, 1.54) is 0 Å². The van der Waals surface area contributed by atoms with Crippen LogP contribution in [-0.4, -0.2) is 12.4 Å². The zero-order valence-corrected chi connectivity index (χ0v) is 13.7. The molecule has 22 heavy (non-hydrogen) atoms. The molecule has 116 valence electrons. The largest absolute Gasteiger partial charge is 0.491 e. The van der Waals surface area contributed by atoms with E-state index in [0.717, 1.165) is 17.6 Å². The van der Waals surface area contributed by atoms with Gasteiger partial charge < -0.3 is 15.3 Å². The van der Waals surface area contributed by atoms with Crippen LogP contribution in [0.2, 0.25) is 5.02 Å². The van der Waals surface area contributed by atoms with Crippen LogP contribution in [0.1, 0.15) is 30.5 Å². The summed E-state index contributed by atoms with van der Waals surface area (Å²) in [6.45, 7) is 5.82. The molecule has 0 aromatic heterocycles. The van der Waals surface area contributed by atoms with Crippen molar-refractivity contribution < 1.29 is 9.53 Å². The molecule has 0 bridgehead atoms. The molecule has 0 radical (unpaired) electrons. The van der Waals surface area contributed by atoms with Crippen LogP contribution in [0.5, 0.6) is 5.75 Å². The third kappa shape index (κ3) is 3.32. The standard InChI is InChI=1S/C18H20ClNO2/c1-12(2)22-16-8-6-14(7-9-16)18(20,11-21)15-5-4-13(3)17(19)10-15/h4-12H,20H2,1-3H3. The van der Waals surface area contributed by atoms with Gasteiger partial charge >= 0.3 is 0 Å². The number of hydrogen-bond donors (Lipinski definition) is 1. The quantitative estimate of drug-likeness (QED) is 0.852. The molecule has 4 heteroatoms. The van der Waals surface area contributed by atoms with Crippen LogP contribution in [-0.2, 0) is 10.3 Å². The minimum absolute atomic E-state index is 0.0930. The van der Waals surface area contributed by atoms with Crippen molar-refractivity contribution in [2.45, 2.75) is 32.4 Å². The Morgan fingerprint density at radius 1 is 1.14 bits per heavy atom. The molecule has 3 nitrogen and oxygen atoms in total. The van der Waals surface area contributed by atoms with E-state index < -0.39 is 5.54 Å². The Hall–Kier alpha value is -1.84. The number of ether oxygens (including phenoxy) is 1. The zero-order chi connectivity index (χ0) is 16.3. The van der Waals surface area contributed by atoms with Crippen LogP contribution >= 0.6 is 11.6 Å². The van der Waals surface area contributed by atoms with Gasteiger partial charge in [0, 0.05) is 5.02 Å². The number of hydrogen-bond acceptors (Lipinski definition) is 3. The first kappa shape index (κ1) is 16.5. The number of halogens is 1. The lowest BCUT2D eigenvalue weighted by Crippen LogP contribution is -2.39. The fraction of sp³-hybridized carbons (Fsp3) is 0.278. The van der Waals surface area contributed by atoms with Gasteiger partial charge in [-0.1, -0.05) is 35.9 Å². The second kappa shape index (κ2) is 6.51. The fourth-order valence-electron chi connectivity index (χ4n) is 2.23. The molecule has 0 aliphatic rings. The molecule has 0 heterocycles. The Morgan fingerprint density at radius 3 is 2.23 bits per heavy atom. The van der Waals surface area contributed by atoms with Crippen LogP contribution in [0.15, 0.2) is 42.5 Å². The predicted molar refractivity (Wildman–Crippen MR) is 89.4 cm³/mol. The highest BCUT2D eigenvalue weighted by atomic mass is 35.5. The Labute approximate surface area is 136 Å². The van der Waals surface area contributed by atoms with Crippen LogP contribution in [0.4, 0.5) is 0 Å². The van der Waals surface area contributed by atoms with Gasteiger partial charge in [-0.3, -0.25) is 0 Å². The minimum Gasteiger partial charge on any atom is -0.491 e. The van der Waals surface area contributed by atoms with Gasteiger partial charge in [-0.15, -0.1) is 0 Å². The molecule has 2 rings (SSSR count). The molecule has 2 aromatic rings. The van der Waals surface area contributed by atoms with E-state index in [9.17, 15) is 4.79 Å². The van der Waals surface area contributed by atoms with Crippen molar-refractivity contribution in [3.05, 3.63) is 64.2 Å². The Kier molecular flexibility index (Phi) is 4.89. The van der Waals surface area contributed by atoms with Crippen molar-refractivity contribution in [3.8, 4) is 5.75 Å². The van der Waals surface area contributed by atoms with E-state index in [4.69, 9.17) is 22.1 Å². The first-order valence-corrected chi connectivity index (χ1v) is 7.53. The maximum atomic E-state index is 11.7. The summed E-state index contributed by atoms with van der Waals surface area (Å²) in [6.07, 6.45) is 0.835. The first-order chi connectivity index (χ1) is 10.4. The second-order valence-electron chi connectivity index (χ2n) is 5.64. The van der Waals surface area contributed by atoms with Gasteiger partial charge in [0.15, 0.2) is 0 Å². The molecule has 0 fully saturated rings. The molecule has 0 saturated heterocycles. The average Bonchev–Trinajstić information content (AvgIpc) is 2.49. The van der Waals surface area contributed by atoms with E-state index in [2.05, 4.69) is 0 Å². The molecule has 0 saturated carbocycles. The van der Waals surface area contributed by atoms with Gasteiger partial charge in [0.1, 0.15) is 17.6 Å². The van der Waals surface area contributed by atoms with Gasteiger partial charge in [-0.2, -0.15) is 0 Å². The number of aldehydes is 1. The summed E-state index contributed by atoms with van der Waals surface area (Å²) in [4.78, 5) is 11.7. The number of rotatable bonds is 5. The van der Waals surface area contributed by atoms with Crippen molar-refractivity contribution in [1.29, 1.82) is 0 Å². The van der Waals surface area contributed by atoms with E-state index in [-0.39, 0.29) is 6.10 Å². The molecule has 0 spiro atoms. The lowest BCUT2D eigenvalue weighted by Gasteiger charge is -2.25. The van der Waals surface area contributed by atoms with Crippen molar-refractivity contribution in [2.24, 2.45) is 5.73 Å². The molecule has 0 aliphatic heterocycles. The molecule has 2 aromatic carbocycles. The van der Waals surface area contributed by atoms with Crippen molar-refractivity contribution in [2.75, 3.05) is 0 Å². The first-order valence-electron chi connectivity index (χ1n) is 7.16. The van der Waals surface area contributed by atoms with Crippen LogP contribution in [0.3, 0.4) is 0 Å². The third-order valence-corrected chi connectivity index (χ3v) is 3.95. The van der Waals surface area contributed by atoms with Gasteiger partial charge in [0.2, 0.25) is 0 Å². The van der Waals surface area contributed by atoms with Crippen molar-refractivity contribution >= 4 is 17.9 Å². The third-order valence-electron chi connectivity index (χ3n) is 3.54. The number of carbonyl (C=O) groups is 1. The minimum atomic E-state index is -1.23. The summed E-state index contributed by atoms with van der Waals surface area (Å²) < 4.78 is 5.61. The molecule has 1 unspecified atom stereocenters. The number of nitrogens with two attached hydrogens (primary N) is 1. The molecule has 1 atom stereocenters. The van der Waals surface area contributed by atoms with Gasteiger partial charge in [0.25, 0.3) is 0 Å².